The molecule has 0 aromatic heterocycles. The molecule has 2 aliphatic rings. The number of aliphatic imine (C=N–C) groups is 1. The van der Waals surface area contributed by atoms with Crippen LogP contribution in [0.5, 0.6) is 5.75 Å². The molecule has 162 valence electrons. The van der Waals surface area contributed by atoms with Gasteiger partial charge in [0.15, 0.2) is 5.96 Å². The molecule has 3 N–H and O–H groups in total. The van der Waals surface area contributed by atoms with Gasteiger partial charge >= 0.3 is 0 Å². The highest BCUT2D eigenvalue weighted by Gasteiger charge is 2.28. The molecule has 7 heteroatoms. The quantitative estimate of drug-likeness (QED) is 0.204. The van der Waals surface area contributed by atoms with Crippen LogP contribution in [0.15, 0.2) is 29.3 Å². The summed E-state index contributed by atoms with van der Waals surface area (Å²) in [5.41, 5.74) is 1.13. The Morgan fingerprint density at radius 2 is 1.83 bits per heavy atom. The van der Waals surface area contributed by atoms with Crippen molar-refractivity contribution in [2.45, 2.75) is 64.5 Å². The number of carbonyl (C=O) groups is 1. The normalized spacial score (nSPS) is 17.2. The summed E-state index contributed by atoms with van der Waals surface area (Å²) in [5, 5.41) is 9.49. The van der Waals surface area contributed by atoms with Crippen molar-refractivity contribution in [2.24, 2.45) is 10.9 Å². The van der Waals surface area contributed by atoms with Crippen molar-refractivity contribution in [1.29, 1.82) is 0 Å². The number of guanidine groups is 1. The third-order valence-electron chi connectivity index (χ3n) is 5.18. The predicted molar refractivity (Wildman–Crippen MR) is 128 cm³/mol. The molecule has 1 amide bonds. The minimum absolute atomic E-state index is 0. The minimum atomic E-state index is 0. The number of rotatable bonds is 9. The van der Waals surface area contributed by atoms with Gasteiger partial charge in [-0.3, -0.25) is 4.79 Å². The Kier molecular flexibility index (Phi) is 10.6. The smallest absolute Gasteiger partial charge is 0.223 e. The molecule has 1 aromatic rings. The van der Waals surface area contributed by atoms with Crippen molar-refractivity contribution in [1.82, 2.24) is 16.0 Å². The molecule has 0 bridgehead atoms. The Balaban J connectivity index is 0.00000300. The van der Waals surface area contributed by atoms with Crippen LogP contribution in [0.1, 0.15) is 57.4 Å². The van der Waals surface area contributed by atoms with Crippen molar-refractivity contribution < 1.29 is 9.53 Å². The van der Waals surface area contributed by atoms with Gasteiger partial charge < -0.3 is 20.7 Å². The first-order valence-corrected chi connectivity index (χ1v) is 10.8. The van der Waals surface area contributed by atoms with Gasteiger partial charge in [-0.1, -0.05) is 18.6 Å². The van der Waals surface area contributed by atoms with Crippen LogP contribution >= 0.6 is 24.0 Å². The van der Waals surface area contributed by atoms with E-state index in [9.17, 15) is 4.79 Å². The van der Waals surface area contributed by atoms with Crippen molar-refractivity contribution in [2.75, 3.05) is 19.6 Å². The van der Waals surface area contributed by atoms with E-state index in [2.05, 4.69) is 33.1 Å². The second-order valence-electron chi connectivity index (χ2n) is 7.71. The number of nitrogens with zero attached hydrogens (tertiary/aromatic N) is 1. The number of amides is 1. The second kappa shape index (κ2) is 12.9. The van der Waals surface area contributed by atoms with E-state index in [0.29, 0.717) is 25.7 Å². The molecular formula is C22H35IN4O2. The van der Waals surface area contributed by atoms with E-state index in [4.69, 9.17) is 4.74 Å². The van der Waals surface area contributed by atoms with Gasteiger partial charge in [-0.25, -0.2) is 4.99 Å². The Morgan fingerprint density at radius 1 is 1.07 bits per heavy atom. The Bertz CT molecular complexity index is 658. The van der Waals surface area contributed by atoms with Gasteiger partial charge in [-0.15, -0.1) is 24.0 Å². The molecule has 2 saturated carbocycles. The molecular weight excluding hydrogens is 479 g/mol. The number of nitrogens with one attached hydrogen (secondary N) is 3. The van der Waals surface area contributed by atoms with E-state index in [-0.39, 0.29) is 35.8 Å². The number of hydrogen-bond donors (Lipinski definition) is 3. The molecule has 6 nitrogen and oxygen atoms in total. The first-order valence-electron chi connectivity index (χ1n) is 10.8. The van der Waals surface area contributed by atoms with Crippen LogP contribution in [-0.4, -0.2) is 37.6 Å². The molecule has 0 heterocycles. The molecule has 2 fully saturated rings. The van der Waals surface area contributed by atoms with E-state index in [1.54, 1.807) is 0 Å². The molecule has 0 unspecified atom stereocenters. The number of hydrogen-bond acceptors (Lipinski definition) is 3. The standard InChI is InChI=1S/C22H34N4O2.HI/c1-2-23-22(25-14-13-24-21(27)18-11-12-18)26-16-17-7-6-10-20(15-17)28-19-8-4-3-5-9-19;/h6-7,10,15,18-19H,2-5,8-9,11-14,16H2,1H3,(H,24,27)(H2,23,25,26);1H. The summed E-state index contributed by atoms with van der Waals surface area (Å²) in [6.07, 6.45) is 8.62. The van der Waals surface area contributed by atoms with E-state index < -0.39 is 0 Å². The zero-order valence-electron chi connectivity index (χ0n) is 17.4. The number of ether oxygens (including phenoxy) is 1. The highest BCUT2D eigenvalue weighted by molar-refractivity contribution is 14.0. The minimum Gasteiger partial charge on any atom is -0.490 e. The zero-order chi connectivity index (χ0) is 19.6. The lowest BCUT2D eigenvalue weighted by atomic mass is 9.98. The Labute approximate surface area is 191 Å². The molecule has 29 heavy (non-hydrogen) atoms. The van der Waals surface area contributed by atoms with Crippen LogP contribution in [0.25, 0.3) is 0 Å². The molecule has 1 aromatic carbocycles. The average molecular weight is 514 g/mol. The van der Waals surface area contributed by atoms with Crippen molar-refractivity contribution in [3.8, 4) is 5.75 Å². The Morgan fingerprint density at radius 3 is 2.55 bits per heavy atom. The first kappa shape index (κ1) is 23.8. The summed E-state index contributed by atoms with van der Waals surface area (Å²) >= 11 is 0. The summed E-state index contributed by atoms with van der Waals surface area (Å²) in [7, 11) is 0. The topological polar surface area (TPSA) is 74.8 Å². The number of benzene rings is 1. The molecule has 0 atom stereocenters. The lowest BCUT2D eigenvalue weighted by Gasteiger charge is -2.23. The van der Waals surface area contributed by atoms with Crippen LogP contribution in [0.2, 0.25) is 0 Å². The molecule has 0 spiro atoms. The largest absolute Gasteiger partial charge is 0.490 e. The van der Waals surface area contributed by atoms with Crippen LogP contribution < -0.4 is 20.7 Å². The third kappa shape index (κ3) is 8.80. The fourth-order valence-corrected chi connectivity index (χ4v) is 3.46. The monoisotopic (exact) mass is 514 g/mol. The highest BCUT2D eigenvalue weighted by Crippen LogP contribution is 2.28. The molecule has 2 aliphatic carbocycles. The van der Waals surface area contributed by atoms with E-state index in [1.165, 1.54) is 19.3 Å². The number of halogens is 1. The maximum Gasteiger partial charge on any atom is 0.223 e. The van der Waals surface area contributed by atoms with E-state index >= 15 is 0 Å². The fraction of sp³-hybridized carbons (Fsp3) is 0.636. The molecule has 0 aliphatic heterocycles. The Hall–Kier alpha value is -1.51. The second-order valence-corrected chi connectivity index (χ2v) is 7.71. The summed E-state index contributed by atoms with van der Waals surface area (Å²) in [5.74, 6) is 2.14. The maximum absolute atomic E-state index is 11.7. The van der Waals surface area contributed by atoms with Crippen LogP contribution in [0.3, 0.4) is 0 Å². The predicted octanol–water partition coefficient (Wildman–Crippen LogP) is 3.60. The van der Waals surface area contributed by atoms with Gasteiger partial charge in [0, 0.05) is 25.6 Å². The van der Waals surface area contributed by atoms with Crippen LogP contribution in [0.4, 0.5) is 0 Å². The fourth-order valence-electron chi connectivity index (χ4n) is 3.46. The van der Waals surface area contributed by atoms with Gasteiger partial charge in [-0.05, 0) is 63.1 Å². The summed E-state index contributed by atoms with van der Waals surface area (Å²) in [6.45, 7) is 4.71. The SMILES string of the molecule is CCNC(=NCc1cccc(OC2CCCCC2)c1)NCCNC(=O)C1CC1.I. The summed E-state index contributed by atoms with van der Waals surface area (Å²) < 4.78 is 6.16. The van der Waals surface area contributed by atoms with Gasteiger partial charge in [0.05, 0.1) is 12.6 Å². The van der Waals surface area contributed by atoms with Crippen molar-refractivity contribution in [3.63, 3.8) is 0 Å². The van der Waals surface area contributed by atoms with Gasteiger partial charge in [0.2, 0.25) is 5.91 Å². The van der Waals surface area contributed by atoms with Crippen molar-refractivity contribution >= 4 is 35.8 Å². The summed E-state index contributed by atoms with van der Waals surface area (Å²) in [6, 6.07) is 8.25. The lowest BCUT2D eigenvalue weighted by molar-refractivity contribution is -0.122. The van der Waals surface area contributed by atoms with Crippen LogP contribution in [0, 0.1) is 5.92 Å². The maximum atomic E-state index is 11.7. The summed E-state index contributed by atoms with van der Waals surface area (Å²) in [4.78, 5) is 16.3. The number of carbonyl (C=O) groups excluding carboxylic acids is 1. The van der Waals surface area contributed by atoms with Crippen molar-refractivity contribution in [3.05, 3.63) is 29.8 Å². The average Bonchev–Trinajstić information content (AvgIpc) is 3.56. The molecule has 0 radical (unpaired) electrons. The zero-order valence-corrected chi connectivity index (χ0v) is 19.7. The molecule has 3 rings (SSSR count). The lowest BCUT2D eigenvalue weighted by Crippen LogP contribution is -2.41. The van der Waals surface area contributed by atoms with Crippen LogP contribution in [-0.2, 0) is 11.3 Å². The first-order chi connectivity index (χ1) is 13.7. The highest BCUT2D eigenvalue weighted by atomic mass is 127. The van der Waals surface area contributed by atoms with Gasteiger partial charge in [0.25, 0.3) is 0 Å². The molecule has 0 saturated heterocycles. The van der Waals surface area contributed by atoms with E-state index in [1.807, 2.05) is 19.1 Å². The van der Waals surface area contributed by atoms with Gasteiger partial charge in [0.1, 0.15) is 5.75 Å². The van der Waals surface area contributed by atoms with E-state index in [0.717, 1.165) is 49.5 Å². The van der Waals surface area contributed by atoms with Gasteiger partial charge in [-0.2, -0.15) is 0 Å². The third-order valence-corrected chi connectivity index (χ3v) is 5.18.